The molecule has 1 heterocycles. The zero-order chi connectivity index (χ0) is 14.3. The van der Waals surface area contributed by atoms with Gasteiger partial charge in [0.15, 0.2) is 6.29 Å². The quantitative estimate of drug-likeness (QED) is 0.539. The van der Waals surface area contributed by atoms with Gasteiger partial charge in [0, 0.05) is 25.9 Å². The molecule has 1 aliphatic rings. The van der Waals surface area contributed by atoms with Gasteiger partial charge in [-0.3, -0.25) is 4.79 Å². The van der Waals surface area contributed by atoms with Crippen LogP contribution in [0.5, 0.6) is 0 Å². The number of hydrogen-bond donors (Lipinski definition) is 3. The largest absolute Gasteiger partial charge is 0.394 e. The van der Waals surface area contributed by atoms with E-state index in [4.69, 9.17) is 14.6 Å². The number of carbonyl (C=O) groups is 1. The van der Waals surface area contributed by atoms with Gasteiger partial charge in [-0.1, -0.05) is 6.92 Å². The van der Waals surface area contributed by atoms with E-state index in [1.54, 1.807) is 0 Å². The molecule has 0 saturated carbocycles. The Morgan fingerprint density at radius 3 is 2.74 bits per heavy atom. The highest BCUT2D eigenvalue weighted by molar-refractivity contribution is 5.77. The minimum absolute atomic E-state index is 0.186. The maximum absolute atomic E-state index is 11.1. The number of ketones is 1. The fourth-order valence-electron chi connectivity index (χ4n) is 1.99. The van der Waals surface area contributed by atoms with Crippen molar-refractivity contribution in [3.8, 4) is 0 Å². The summed E-state index contributed by atoms with van der Waals surface area (Å²) in [5.74, 6) is 0.243. The molecule has 1 fully saturated rings. The maximum atomic E-state index is 11.1. The van der Waals surface area contributed by atoms with E-state index in [0.717, 1.165) is 12.8 Å². The second-order valence-corrected chi connectivity index (χ2v) is 4.80. The lowest BCUT2D eigenvalue weighted by atomic mass is 10.0. The van der Waals surface area contributed by atoms with Crippen molar-refractivity contribution in [3.63, 3.8) is 0 Å². The van der Waals surface area contributed by atoms with Gasteiger partial charge in [-0.05, 0) is 12.8 Å². The van der Waals surface area contributed by atoms with Crippen molar-refractivity contribution in [3.05, 3.63) is 0 Å². The van der Waals surface area contributed by atoms with E-state index in [2.05, 4.69) is 0 Å². The van der Waals surface area contributed by atoms with Crippen LogP contribution in [0.3, 0.4) is 0 Å². The molecule has 1 aliphatic heterocycles. The lowest BCUT2D eigenvalue weighted by molar-refractivity contribution is -0.256. The molecule has 6 nitrogen and oxygen atoms in total. The molecule has 0 spiro atoms. The summed E-state index contributed by atoms with van der Waals surface area (Å²) in [4.78, 5) is 11.1. The third-order valence-electron chi connectivity index (χ3n) is 3.26. The average Bonchev–Trinajstić information content (AvgIpc) is 2.41. The predicted molar refractivity (Wildman–Crippen MR) is 67.5 cm³/mol. The SMILES string of the molecule is CCC(=O)CCCCOC1CC(O)C(O)C(CO)O1. The molecule has 0 radical (unpaired) electrons. The number of unbranched alkanes of at least 4 members (excludes halogenated alkanes) is 1. The standard InChI is InChI=1S/C13H24O6/c1-2-9(15)5-3-4-6-18-12-7-10(16)13(17)11(8-14)19-12/h10-14,16-17H,2-8H2,1H3. The Morgan fingerprint density at radius 1 is 1.37 bits per heavy atom. The number of aliphatic hydroxyl groups excluding tert-OH is 3. The highest BCUT2D eigenvalue weighted by Crippen LogP contribution is 2.21. The zero-order valence-corrected chi connectivity index (χ0v) is 11.3. The molecule has 19 heavy (non-hydrogen) atoms. The Bertz CT molecular complexity index is 270. The molecule has 0 aromatic carbocycles. The molecule has 0 aliphatic carbocycles. The van der Waals surface area contributed by atoms with Crippen LogP contribution in [0.1, 0.15) is 39.0 Å². The molecule has 6 heteroatoms. The second kappa shape index (κ2) is 8.60. The van der Waals surface area contributed by atoms with Crippen LogP contribution in [0.2, 0.25) is 0 Å². The molecule has 4 unspecified atom stereocenters. The van der Waals surface area contributed by atoms with Gasteiger partial charge >= 0.3 is 0 Å². The summed E-state index contributed by atoms with van der Waals surface area (Å²) in [5, 5.41) is 28.1. The van der Waals surface area contributed by atoms with Crippen LogP contribution in [0.4, 0.5) is 0 Å². The van der Waals surface area contributed by atoms with Gasteiger partial charge in [0.2, 0.25) is 0 Å². The molecule has 112 valence electrons. The fourth-order valence-corrected chi connectivity index (χ4v) is 1.99. The normalized spacial score (nSPS) is 31.4. The van der Waals surface area contributed by atoms with Gasteiger partial charge < -0.3 is 24.8 Å². The van der Waals surface area contributed by atoms with Crippen molar-refractivity contribution >= 4 is 5.78 Å². The van der Waals surface area contributed by atoms with Gasteiger partial charge in [-0.25, -0.2) is 0 Å². The minimum Gasteiger partial charge on any atom is -0.394 e. The van der Waals surface area contributed by atoms with E-state index >= 15 is 0 Å². The zero-order valence-electron chi connectivity index (χ0n) is 11.3. The Morgan fingerprint density at radius 2 is 2.11 bits per heavy atom. The third kappa shape index (κ3) is 5.54. The molecule has 1 saturated heterocycles. The molecule has 0 aromatic rings. The van der Waals surface area contributed by atoms with Crippen molar-refractivity contribution < 1.29 is 29.6 Å². The van der Waals surface area contributed by atoms with E-state index in [1.165, 1.54) is 0 Å². The van der Waals surface area contributed by atoms with Gasteiger partial charge in [0.05, 0.1) is 12.7 Å². The number of ether oxygens (including phenoxy) is 2. The topological polar surface area (TPSA) is 96.2 Å². The molecule has 0 amide bonds. The highest BCUT2D eigenvalue weighted by Gasteiger charge is 2.36. The van der Waals surface area contributed by atoms with E-state index in [9.17, 15) is 15.0 Å². The van der Waals surface area contributed by atoms with E-state index in [0.29, 0.717) is 19.4 Å². The highest BCUT2D eigenvalue weighted by atomic mass is 16.7. The van der Waals surface area contributed by atoms with Crippen LogP contribution in [0.15, 0.2) is 0 Å². The first-order chi connectivity index (χ1) is 9.08. The van der Waals surface area contributed by atoms with Crippen LogP contribution >= 0.6 is 0 Å². The monoisotopic (exact) mass is 276 g/mol. The van der Waals surface area contributed by atoms with Crippen LogP contribution < -0.4 is 0 Å². The Hall–Kier alpha value is -0.530. The summed E-state index contributed by atoms with van der Waals surface area (Å²) < 4.78 is 10.8. The van der Waals surface area contributed by atoms with E-state index < -0.39 is 24.6 Å². The average molecular weight is 276 g/mol. The van der Waals surface area contributed by atoms with Gasteiger partial charge in [-0.15, -0.1) is 0 Å². The van der Waals surface area contributed by atoms with E-state index in [-0.39, 0.29) is 18.8 Å². The van der Waals surface area contributed by atoms with Crippen molar-refractivity contribution in [1.29, 1.82) is 0 Å². The third-order valence-corrected chi connectivity index (χ3v) is 3.26. The van der Waals surface area contributed by atoms with Gasteiger partial charge in [0.25, 0.3) is 0 Å². The molecule has 0 aromatic heterocycles. The molecular formula is C13H24O6. The lowest BCUT2D eigenvalue weighted by Crippen LogP contribution is -2.50. The van der Waals surface area contributed by atoms with Gasteiger partial charge in [0.1, 0.15) is 18.0 Å². The maximum Gasteiger partial charge on any atom is 0.160 e. The first kappa shape index (κ1) is 16.5. The summed E-state index contributed by atoms with van der Waals surface area (Å²) >= 11 is 0. The summed E-state index contributed by atoms with van der Waals surface area (Å²) in [6.45, 7) is 1.92. The molecular weight excluding hydrogens is 252 g/mol. The van der Waals surface area contributed by atoms with Crippen LogP contribution in [-0.2, 0) is 14.3 Å². The van der Waals surface area contributed by atoms with Crippen LogP contribution in [0, 0.1) is 0 Å². The first-order valence-electron chi connectivity index (χ1n) is 6.84. The summed E-state index contributed by atoms with van der Waals surface area (Å²) in [7, 11) is 0. The van der Waals surface area contributed by atoms with Crippen molar-refractivity contribution in [1.82, 2.24) is 0 Å². The Labute approximate surface area is 113 Å². The number of carbonyl (C=O) groups excluding carboxylic acids is 1. The van der Waals surface area contributed by atoms with Crippen LogP contribution in [-0.4, -0.2) is 58.9 Å². The van der Waals surface area contributed by atoms with Gasteiger partial charge in [-0.2, -0.15) is 0 Å². The second-order valence-electron chi connectivity index (χ2n) is 4.80. The number of rotatable bonds is 8. The summed E-state index contributed by atoms with van der Waals surface area (Å²) in [5.41, 5.74) is 0. The Balaban J connectivity index is 2.17. The minimum atomic E-state index is -1.08. The molecule has 4 atom stereocenters. The summed E-state index contributed by atoms with van der Waals surface area (Å²) in [6.07, 6.45) is -0.619. The van der Waals surface area contributed by atoms with Crippen molar-refractivity contribution in [2.45, 2.75) is 63.6 Å². The molecule has 1 rings (SSSR count). The number of aliphatic hydroxyl groups is 3. The van der Waals surface area contributed by atoms with Crippen molar-refractivity contribution in [2.24, 2.45) is 0 Å². The number of Topliss-reactive ketones (excluding diaryl/α,β-unsaturated/α-hetero) is 1. The Kier molecular flexibility index (Phi) is 7.48. The smallest absolute Gasteiger partial charge is 0.160 e. The number of hydrogen-bond acceptors (Lipinski definition) is 6. The molecule has 3 N–H and O–H groups in total. The lowest BCUT2D eigenvalue weighted by Gasteiger charge is -2.36. The summed E-state index contributed by atoms with van der Waals surface area (Å²) in [6, 6.07) is 0. The van der Waals surface area contributed by atoms with Crippen LogP contribution in [0.25, 0.3) is 0 Å². The fraction of sp³-hybridized carbons (Fsp3) is 0.923. The van der Waals surface area contributed by atoms with Crippen molar-refractivity contribution in [2.75, 3.05) is 13.2 Å². The first-order valence-corrected chi connectivity index (χ1v) is 6.84. The van der Waals surface area contributed by atoms with E-state index in [1.807, 2.05) is 6.92 Å². The predicted octanol–water partition coefficient (Wildman–Crippen LogP) is -0.0185. The molecule has 0 bridgehead atoms.